The molecular formula is C31H44N2O7SSi. The molecule has 1 N–H and O–H groups in total. The number of rotatable bonds is 14. The minimum Gasteiger partial charge on any atom is -0.392 e. The van der Waals surface area contributed by atoms with E-state index in [1.807, 2.05) is 24.3 Å². The predicted molar refractivity (Wildman–Crippen MR) is 166 cm³/mol. The lowest BCUT2D eigenvalue weighted by molar-refractivity contribution is -0.161. The van der Waals surface area contributed by atoms with Crippen LogP contribution >= 0.6 is 0 Å². The highest BCUT2D eigenvalue weighted by atomic mass is 32.2. The van der Waals surface area contributed by atoms with Crippen molar-refractivity contribution in [3.05, 3.63) is 64.8 Å². The van der Waals surface area contributed by atoms with Crippen LogP contribution in [0.1, 0.15) is 41.6 Å². The molecule has 2 heterocycles. The van der Waals surface area contributed by atoms with Crippen LogP contribution in [0.2, 0.25) is 25.7 Å². The molecule has 0 radical (unpaired) electrons. The Bertz CT molecular complexity index is 1430. The Morgan fingerprint density at radius 1 is 1.07 bits per heavy atom. The predicted octanol–water partition coefficient (Wildman–Crippen LogP) is 6.04. The fourth-order valence-electron chi connectivity index (χ4n) is 4.79. The Morgan fingerprint density at radius 2 is 1.86 bits per heavy atom. The second kappa shape index (κ2) is 14.3. The third-order valence-electron chi connectivity index (χ3n) is 7.47. The Labute approximate surface area is 250 Å². The first-order valence-electron chi connectivity index (χ1n) is 14.6. The summed E-state index contributed by atoms with van der Waals surface area (Å²) in [5, 5.41) is 13.9. The molecule has 2 aromatic carbocycles. The molecule has 1 aromatic heterocycles. The molecule has 1 aliphatic heterocycles. The molecule has 0 saturated carbocycles. The van der Waals surface area contributed by atoms with Crippen LogP contribution < -0.4 is 4.31 Å². The highest BCUT2D eigenvalue weighted by Gasteiger charge is 2.33. The number of nitrogens with zero attached hydrogens (tertiary/aromatic N) is 2. The average Bonchev–Trinajstić information content (AvgIpc) is 3.30. The number of sulfonamides is 1. The summed E-state index contributed by atoms with van der Waals surface area (Å²) in [4.78, 5) is 0.127. The van der Waals surface area contributed by atoms with Gasteiger partial charge in [0.1, 0.15) is 6.73 Å². The van der Waals surface area contributed by atoms with Gasteiger partial charge in [0.25, 0.3) is 10.0 Å². The topological polar surface area (TPSA) is 111 Å². The summed E-state index contributed by atoms with van der Waals surface area (Å²) in [7, 11) is -5.52. The van der Waals surface area contributed by atoms with Crippen LogP contribution in [-0.2, 0) is 37.3 Å². The lowest BCUT2D eigenvalue weighted by Crippen LogP contribution is -2.34. The Hall–Kier alpha value is -2.54. The van der Waals surface area contributed by atoms with Crippen molar-refractivity contribution in [2.45, 2.75) is 83.0 Å². The van der Waals surface area contributed by atoms with Gasteiger partial charge in [0.15, 0.2) is 6.29 Å². The van der Waals surface area contributed by atoms with Crippen molar-refractivity contribution in [3.63, 3.8) is 0 Å². The second-order valence-corrected chi connectivity index (χ2v) is 19.4. The van der Waals surface area contributed by atoms with Gasteiger partial charge in [0, 0.05) is 32.4 Å². The molecule has 1 atom stereocenters. The first-order valence-corrected chi connectivity index (χ1v) is 19.7. The zero-order chi connectivity index (χ0) is 30.3. The third-order valence-corrected chi connectivity index (χ3v) is 10.9. The summed E-state index contributed by atoms with van der Waals surface area (Å²) in [6.45, 7) is 11.6. The lowest BCUT2D eigenvalue weighted by Gasteiger charge is -2.25. The van der Waals surface area contributed by atoms with E-state index in [2.05, 4.69) is 24.8 Å². The van der Waals surface area contributed by atoms with Crippen LogP contribution in [0.4, 0.5) is 5.88 Å². The summed E-state index contributed by atoms with van der Waals surface area (Å²) in [5.41, 5.74) is 4.18. The van der Waals surface area contributed by atoms with Gasteiger partial charge < -0.3 is 23.8 Å². The maximum absolute atomic E-state index is 14.4. The highest BCUT2D eigenvalue weighted by molar-refractivity contribution is 7.93. The minimum atomic E-state index is -4.14. The molecule has 230 valence electrons. The zero-order valence-electron chi connectivity index (χ0n) is 25.4. The van der Waals surface area contributed by atoms with Gasteiger partial charge in [0.05, 0.1) is 23.8 Å². The van der Waals surface area contributed by atoms with Gasteiger partial charge in [-0.2, -0.15) is 0 Å². The molecule has 3 aromatic rings. The number of aryl methyl sites for hydroxylation is 1. The SMILES string of the molecule is Cc1noc(N(COCC[Si](C)(C)C)S(=O)(=O)c2ccccc2-c2ccc(CO)cc2CCOC2CCCCO2)c1C. The van der Waals surface area contributed by atoms with E-state index in [9.17, 15) is 13.5 Å². The Morgan fingerprint density at radius 3 is 2.52 bits per heavy atom. The second-order valence-electron chi connectivity index (χ2n) is 12.0. The zero-order valence-corrected chi connectivity index (χ0v) is 27.2. The average molecular weight is 617 g/mol. The summed E-state index contributed by atoms with van der Waals surface area (Å²) >= 11 is 0. The fraction of sp³-hybridized carbons (Fsp3) is 0.516. The van der Waals surface area contributed by atoms with Crippen molar-refractivity contribution in [1.82, 2.24) is 5.16 Å². The van der Waals surface area contributed by atoms with Gasteiger partial charge in [-0.3, -0.25) is 0 Å². The lowest BCUT2D eigenvalue weighted by atomic mass is 9.96. The molecule has 9 nitrogen and oxygen atoms in total. The number of benzene rings is 2. The molecule has 42 heavy (non-hydrogen) atoms. The number of hydrogen-bond donors (Lipinski definition) is 1. The molecule has 0 aliphatic carbocycles. The Kier molecular flexibility index (Phi) is 11.0. The number of anilines is 1. The van der Waals surface area contributed by atoms with E-state index in [-0.39, 0.29) is 30.4 Å². The smallest absolute Gasteiger partial charge is 0.269 e. The van der Waals surface area contributed by atoms with E-state index in [1.54, 1.807) is 32.0 Å². The minimum absolute atomic E-state index is 0.119. The number of ether oxygens (including phenoxy) is 3. The van der Waals surface area contributed by atoms with Crippen molar-refractivity contribution >= 4 is 24.0 Å². The number of aromatic nitrogens is 1. The molecular weight excluding hydrogens is 573 g/mol. The van der Waals surface area contributed by atoms with Crippen molar-refractivity contribution < 1.29 is 32.3 Å². The van der Waals surface area contributed by atoms with Gasteiger partial charge in [-0.25, -0.2) is 12.7 Å². The van der Waals surface area contributed by atoms with Gasteiger partial charge in [0.2, 0.25) is 5.88 Å². The summed E-state index contributed by atoms with van der Waals surface area (Å²) in [5.74, 6) is 0.145. The fourth-order valence-corrected chi connectivity index (χ4v) is 7.09. The first kappa shape index (κ1) is 32.4. The standard InChI is InChI=1S/C31H44N2O7SSi/c1-23-24(2)32-40-31(23)33(22-37-18-19-42(3,4)5)41(35,36)29-11-7-6-10-28(29)27-14-13-25(21-34)20-26(27)15-17-39-30-12-8-9-16-38-30/h6-7,10-11,13-14,20,30,34H,8-9,12,15-19,21-22H2,1-5H3. The van der Waals surface area contributed by atoms with Crippen LogP contribution in [-0.4, -0.2) is 59.6 Å². The van der Waals surface area contributed by atoms with Crippen LogP contribution in [0.15, 0.2) is 51.9 Å². The first-order chi connectivity index (χ1) is 20.0. The van der Waals surface area contributed by atoms with Gasteiger partial charge in [-0.15, -0.1) is 0 Å². The van der Waals surface area contributed by atoms with Crippen LogP contribution in [0.25, 0.3) is 11.1 Å². The maximum atomic E-state index is 14.4. The molecule has 0 amide bonds. The van der Waals surface area contributed by atoms with E-state index in [0.29, 0.717) is 43.1 Å². The van der Waals surface area contributed by atoms with Crippen LogP contribution in [0.5, 0.6) is 0 Å². The molecule has 0 bridgehead atoms. The van der Waals surface area contributed by atoms with E-state index in [0.717, 1.165) is 42.0 Å². The van der Waals surface area contributed by atoms with Crippen molar-refractivity contribution in [2.24, 2.45) is 0 Å². The molecule has 1 aliphatic rings. The van der Waals surface area contributed by atoms with Crippen molar-refractivity contribution in [1.29, 1.82) is 0 Å². The molecule has 1 unspecified atom stereocenters. The molecule has 4 rings (SSSR count). The van der Waals surface area contributed by atoms with Crippen molar-refractivity contribution in [2.75, 3.05) is 30.9 Å². The highest BCUT2D eigenvalue weighted by Crippen LogP contribution is 2.36. The van der Waals surface area contributed by atoms with Gasteiger partial charge in [-0.1, -0.05) is 61.2 Å². The van der Waals surface area contributed by atoms with E-state index in [1.165, 1.54) is 4.31 Å². The van der Waals surface area contributed by atoms with Crippen LogP contribution in [0.3, 0.4) is 0 Å². The van der Waals surface area contributed by atoms with E-state index >= 15 is 0 Å². The normalized spacial score (nSPS) is 16.1. The Balaban J connectivity index is 1.68. The van der Waals surface area contributed by atoms with Gasteiger partial charge >= 0.3 is 0 Å². The van der Waals surface area contributed by atoms with Crippen molar-refractivity contribution in [3.8, 4) is 11.1 Å². The molecule has 1 saturated heterocycles. The van der Waals surface area contributed by atoms with E-state index < -0.39 is 18.1 Å². The summed E-state index contributed by atoms with van der Waals surface area (Å²) < 4.78 is 53.2. The monoisotopic (exact) mass is 616 g/mol. The largest absolute Gasteiger partial charge is 0.392 e. The molecule has 1 fully saturated rings. The maximum Gasteiger partial charge on any atom is 0.269 e. The summed E-state index contributed by atoms with van der Waals surface area (Å²) in [6.07, 6.45) is 3.28. The number of hydrogen-bond acceptors (Lipinski definition) is 8. The third kappa shape index (κ3) is 8.09. The van der Waals surface area contributed by atoms with Gasteiger partial charge in [-0.05, 0) is 68.3 Å². The number of aliphatic hydroxyl groups excluding tert-OH is 1. The number of aliphatic hydroxyl groups is 1. The quantitative estimate of drug-likeness (QED) is 0.133. The van der Waals surface area contributed by atoms with E-state index in [4.69, 9.17) is 18.7 Å². The van der Waals surface area contributed by atoms with Crippen LogP contribution in [0, 0.1) is 13.8 Å². The molecule has 0 spiro atoms. The molecule has 11 heteroatoms. The summed E-state index contributed by atoms with van der Waals surface area (Å²) in [6, 6.07) is 13.4.